The minimum Gasteiger partial charge on any atom is -0.272 e. The highest BCUT2D eigenvalue weighted by Gasteiger charge is 2.38. The third-order valence-corrected chi connectivity index (χ3v) is 1.14. The Labute approximate surface area is 60.1 Å². The standard InChI is InChI=1S/C4H2ClFN2O2/c5-4(6)1-7-3(10)8-2(4)9/h1H,(H,8,9,10)/t4-/m0/s1. The molecule has 0 fully saturated rings. The van der Waals surface area contributed by atoms with Crippen LogP contribution in [0.3, 0.4) is 0 Å². The lowest BCUT2D eigenvalue weighted by molar-refractivity contribution is -0.124. The first kappa shape index (κ1) is 7.14. The van der Waals surface area contributed by atoms with Gasteiger partial charge in [0.15, 0.2) is 0 Å². The van der Waals surface area contributed by atoms with Crippen LogP contribution in [0.15, 0.2) is 4.99 Å². The van der Waals surface area contributed by atoms with Gasteiger partial charge in [-0.3, -0.25) is 10.1 Å². The predicted molar refractivity (Wildman–Crippen MR) is 31.7 cm³/mol. The van der Waals surface area contributed by atoms with E-state index in [9.17, 15) is 14.0 Å². The number of amides is 3. The smallest absolute Gasteiger partial charge is 0.272 e. The zero-order chi connectivity index (χ0) is 7.78. The number of halogens is 2. The maximum absolute atomic E-state index is 12.5. The van der Waals surface area contributed by atoms with Crippen LogP contribution in [-0.2, 0) is 4.79 Å². The number of rotatable bonds is 0. The van der Waals surface area contributed by atoms with Crippen molar-refractivity contribution in [3.63, 3.8) is 0 Å². The van der Waals surface area contributed by atoms with Gasteiger partial charge in [-0.15, -0.1) is 0 Å². The second kappa shape index (κ2) is 2.02. The van der Waals surface area contributed by atoms with Crippen molar-refractivity contribution in [2.24, 2.45) is 4.99 Å². The Bertz CT molecular complexity index is 225. The summed E-state index contributed by atoms with van der Waals surface area (Å²) in [5.41, 5.74) is 0. The lowest BCUT2D eigenvalue weighted by Crippen LogP contribution is -2.46. The molecule has 1 rings (SSSR count). The zero-order valence-corrected chi connectivity index (χ0v) is 5.35. The molecule has 0 unspecified atom stereocenters. The largest absolute Gasteiger partial charge is 0.347 e. The Morgan fingerprint density at radius 2 is 2.30 bits per heavy atom. The van der Waals surface area contributed by atoms with Crippen LogP contribution in [-0.4, -0.2) is 23.3 Å². The number of nitrogens with zero attached hydrogens (tertiary/aromatic N) is 1. The monoisotopic (exact) mass is 164 g/mol. The summed E-state index contributed by atoms with van der Waals surface area (Å²) in [5, 5.41) is -1.09. The maximum Gasteiger partial charge on any atom is 0.347 e. The van der Waals surface area contributed by atoms with Crippen molar-refractivity contribution in [1.82, 2.24) is 5.32 Å². The van der Waals surface area contributed by atoms with Gasteiger partial charge in [0.1, 0.15) is 0 Å². The number of urea groups is 1. The summed E-state index contributed by atoms with van der Waals surface area (Å²) in [7, 11) is 0. The molecule has 1 aliphatic heterocycles. The average Bonchev–Trinajstić information content (AvgIpc) is 1.81. The van der Waals surface area contributed by atoms with Gasteiger partial charge in [0.2, 0.25) is 0 Å². The van der Waals surface area contributed by atoms with Gasteiger partial charge in [0.05, 0.1) is 6.21 Å². The zero-order valence-electron chi connectivity index (χ0n) is 4.60. The Balaban J connectivity index is 2.93. The van der Waals surface area contributed by atoms with E-state index in [1.807, 2.05) is 0 Å². The maximum atomic E-state index is 12.5. The second-order valence-corrected chi connectivity index (χ2v) is 2.19. The van der Waals surface area contributed by atoms with E-state index < -0.39 is 17.1 Å². The molecule has 0 aromatic carbocycles. The van der Waals surface area contributed by atoms with Crippen LogP contribution in [0, 0.1) is 0 Å². The van der Waals surface area contributed by atoms with E-state index in [1.165, 1.54) is 0 Å². The molecule has 0 aromatic heterocycles. The van der Waals surface area contributed by atoms with Gasteiger partial charge in [-0.1, -0.05) is 11.6 Å². The number of carbonyl (C=O) groups excluding carboxylic acids is 2. The Hall–Kier alpha value is -0.970. The minimum absolute atomic E-state index is 0.454. The number of aliphatic imine (C=N–C) groups is 1. The van der Waals surface area contributed by atoms with E-state index in [0.29, 0.717) is 6.21 Å². The molecule has 54 valence electrons. The Morgan fingerprint density at radius 3 is 2.70 bits per heavy atom. The van der Waals surface area contributed by atoms with Crippen LogP contribution in [0.2, 0.25) is 0 Å². The topological polar surface area (TPSA) is 58.5 Å². The Kier molecular flexibility index (Phi) is 1.44. The van der Waals surface area contributed by atoms with Crippen LogP contribution >= 0.6 is 11.6 Å². The summed E-state index contributed by atoms with van der Waals surface area (Å²) >= 11 is 4.91. The minimum atomic E-state index is -2.67. The molecule has 6 heteroatoms. The molecule has 0 bridgehead atoms. The van der Waals surface area contributed by atoms with Crippen LogP contribution in [0.5, 0.6) is 0 Å². The molecule has 1 N–H and O–H groups in total. The fraction of sp³-hybridized carbons (Fsp3) is 0.250. The highest BCUT2D eigenvalue weighted by molar-refractivity contribution is 6.44. The van der Waals surface area contributed by atoms with E-state index in [1.54, 1.807) is 5.32 Å². The first-order chi connectivity index (χ1) is 4.52. The van der Waals surface area contributed by atoms with Crippen molar-refractivity contribution >= 4 is 29.8 Å². The molecular formula is C4H2ClFN2O2. The molecule has 10 heavy (non-hydrogen) atoms. The SMILES string of the molecule is O=C1N=C[C@@](F)(Cl)C(=O)N1. The van der Waals surface area contributed by atoms with Gasteiger partial charge >= 0.3 is 6.03 Å². The molecule has 0 saturated heterocycles. The fourth-order valence-electron chi connectivity index (χ4n) is 0.411. The molecule has 0 radical (unpaired) electrons. The lowest BCUT2D eigenvalue weighted by atomic mass is 10.3. The van der Waals surface area contributed by atoms with Crippen LogP contribution in [0.25, 0.3) is 0 Å². The van der Waals surface area contributed by atoms with E-state index in [2.05, 4.69) is 4.99 Å². The van der Waals surface area contributed by atoms with Crippen LogP contribution < -0.4 is 5.32 Å². The number of hydrogen-bond acceptors (Lipinski definition) is 2. The molecule has 0 aliphatic carbocycles. The Morgan fingerprint density at radius 1 is 1.70 bits per heavy atom. The van der Waals surface area contributed by atoms with Crippen LogP contribution in [0.1, 0.15) is 0 Å². The van der Waals surface area contributed by atoms with Crippen molar-refractivity contribution in [3.05, 3.63) is 0 Å². The normalized spacial score (nSPS) is 32.2. The molecular weight excluding hydrogens is 163 g/mol. The van der Waals surface area contributed by atoms with Crippen molar-refractivity contribution in [2.45, 2.75) is 5.13 Å². The van der Waals surface area contributed by atoms with Gasteiger partial charge in [0.25, 0.3) is 11.0 Å². The van der Waals surface area contributed by atoms with Gasteiger partial charge in [-0.2, -0.15) is 0 Å². The van der Waals surface area contributed by atoms with Crippen molar-refractivity contribution in [3.8, 4) is 0 Å². The summed E-state index contributed by atoms with van der Waals surface area (Å²) in [6.07, 6.45) is 0.454. The summed E-state index contributed by atoms with van der Waals surface area (Å²) < 4.78 is 12.5. The van der Waals surface area contributed by atoms with Crippen molar-refractivity contribution in [1.29, 1.82) is 0 Å². The van der Waals surface area contributed by atoms with Gasteiger partial charge in [-0.05, 0) is 0 Å². The molecule has 3 amide bonds. The first-order valence-electron chi connectivity index (χ1n) is 2.31. The number of hydrogen-bond donors (Lipinski definition) is 1. The quantitative estimate of drug-likeness (QED) is 0.521. The highest BCUT2D eigenvalue weighted by Crippen LogP contribution is 2.16. The van der Waals surface area contributed by atoms with Gasteiger partial charge in [-0.25, -0.2) is 14.2 Å². The third kappa shape index (κ3) is 1.13. The highest BCUT2D eigenvalue weighted by atomic mass is 35.5. The summed E-state index contributed by atoms with van der Waals surface area (Å²) in [6.45, 7) is 0. The van der Waals surface area contributed by atoms with E-state index in [0.717, 1.165) is 0 Å². The molecule has 1 heterocycles. The number of carbonyl (C=O) groups is 2. The van der Waals surface area contributed by atoms with E-state index in [4.69, 9.17) is 11.6 Å². The molecule has 4 nitrogen and oxygen atoms in total. The molecule has 0 spiro atoms. The third-order valence-electron chi connectivity index (χ3n) is 0.867. The van der Waals surface area contributed by atoms with Crippen molar-refractivity contribution < 1.29 is 14.0 Å². The molecule has 0 saturated carbocycles. The van der Waals surface area contributed by atoms with Gasteiger partial charge in [0, 0.05) is 0 Å². The summed E-state index contributed by atoms with van der Waals surface area (Å²) in [5.74, 6) is -1.20. The predicted octanol–water partition coefficient (Wildman–Crippen LogP) is 0.212. The number of nitrogens with one attached hydrogen (secondary N) is 1. The van der Waals surface area contributed by atoms with Crippen LogP contribution in [0.4, 0.5) is 9.18 Å². The number of alkyl halides is 2. The van der Waals surface area contributed by atoms with E-state index in [-0.39, 0.29) is 0 Å². The van der Waals surface area contributed by atoms with Gasteiger partial charge < -0.3 is 0 Å². The van der Waals surface area contributed by atoms with E-state index >= 15 is 0 Å². The summed E-state index contributed by atoms with van der Waals surface area (Å²) in [6, 6.07) is -0.904. The molecule has 1 aliphatic rings. The number of imide groups is 1. The fourth-order valence-corrected chi connectivity index (χ4v) is 0.507. The average molecular weight is 165 g/mol. The molecule has 1 atom stereocenters. The summed E-state index contributed by atoms with van der Waals surface area (Å²) in [4.78, 5) is 23.5. The first-order valence-corrected chi connectivity index (χ1v) is 2.68. The second-order valence-electron chi connectivity index (χ2n) is 1.64. The van der Waals surface area contributed by atoms with Crippen molar-refractivity contribution in [2.75, 3.05) is 0 Å². The molecule has 0 aromatic rings. The lowest BCUT2D eigenvalue weighted by Gasteiger charge is -2.13.